The Bertz CT molecular complexity index is 507. The first-order valence-electron chi connectivity index (χ1n) is 7.88. The van der Waals surface area contributed by atoms with E-state index in [1.165, 1.54) is 12.1 Å². The van der Waals surface area contributed by atoms with E-state index in [0.29, 0.717) is 35.6 Å². The summed E-state index contributed by atoms with van der Waals surface area (Å²) in [6, 6.07) is 2.81. The molecule has 1 rings (SSSR count). The van der Waals surface area contributed by atoms with Crippen LogP contribution in [-0.4, -0.2) is 36.7 Å². The maximum absolute atomic E-state index is 9.35. The van der Waals surface area contributed by atoms with E-state index < -0.39 is 0 Å². The lowest BCUT2D eigenvalue weighted by atomic mass is 10.2. The van der Waals surface area contributed by atoms with E-state index in [9.17, 15) is 5.11 Å². The van der Waals surface area contributed by atoms with Crippen LogP contribution < -0.4 is 4.74 Å². The number of phenolic OH excluding ortho intramolecular Hbond substituents is 1. The van der Waals surface area contributed by atoms with Crippen molar-refractivity contribution in [3.63, 3.8) is 0 Å². The number of phenols is 1. The quantitative estimate of drug-likeness (QED) is 0.351. The fraction of sp³-hybridized carbons (Fsp3) is 0.588. The van der Waals surface area contributed by atoms with Crippen molar-refractivity contribution < 1.29 is 19.4 Å². The summed E-state index contributed by atoms with van der Waals surface area (Å²) in [4.78, 5) is 5.19. The highest BCUT2D eigenvalue weighted by Crippen LogP contribution is 2.36. The van der Waals surface area contributed by atoms with Gasteiger partial charge < -0.3 is 19.4 Å². The van der Waals surface area contributed by atoms with Crippen LogP contribution in [0.15, 0.2) is 17.3 Å². The molecule has 0 bridgehead atoms. The second kappa shape index (κ2) is 10.6. The van der Waals surface area contributed by atoms with Gasteiger partial charge in [-0.05, 0) is 40.0 Å². The van der Waals surface area contributed by atoms with E-state index in [1.807, 2.05) is 20.8 Å². The number of hydrogen-bond acceptors (Lipinski definition) is 5. The van der Waals surface area contributed by atoms with Gasteiger partial charge in [-0.2, -0.15) is 0 Å². The SMILES string of the molecule is CC(C)(C)O/N=C/COCCCCCOc1c(Cl)cc(O)cc1Cl. The molecule has 0 amide bonds. The predicted molar refractivity (Wildman–Crippen MR) is 97.6 cm³/mol. The zero-order chi connectivity index (χ0) is 18.0. The summed E-state index contributed by atoms with van der Waals surface area (Å²) in [6.07, 6.45) is 4.36. The third-order valence-electron chi connectivity index (χ3n) is 2.76. The zero-order valence-corrected chi connectivity index (χ0v) is 15.9. The summed E-state index contributed by atoms with van der Waals surface area (Å²) in [7, 11) is 0. The second-order valence-electron chi connectivity index (χ2n) is 6.21. The molecule has 7 heteroatoms. The van der Waals surface area contributed by atoms with Crippen molar-refractivity contribution in [2.45, 2.75) is 45.6 Å². The van der Waals surface area contributed by atoms with Gasteiger partial charge in [-0.3, -0.25) is 0 Å². The number of hydrogen-bond donors (Lipinski definition) is 1. The average molecular weight is 378 g/mol. The summed E-state index contributed by atoms with van der Waals surface area (Å²) in [5, 5.41) is 13.8. The van der Waals surface area contributed by atoms with E-state index in [4.69, 9.17) is 37.5 Å². The Kier molecular flexibility index (Phi) is 9.26. The molecule has 0 spiro atoms. The highest BCUT2D eigenvalue weighted by atomic mass is 35.5. The number of aromatic hydroxyl groups is 1. The predicted octanol–water partition coefficient (Wildman–Crippen LogP) is 5.07. The second-order valence-corrected chi connectivity index (χ2v) is 7.03. The average Bonchev–Trinajstić information content (AvgIpc) is 2.45. The molecule has 0 heterocycles. The normalized spacial score (nSPS) is 11.9. The number of rotatable bonds is 10. The highest BCUT2D eigenvalue weighted by molar-refractivity contribution is 6.37. The van der Waals surface area contributed by atoms with Crippen LogP contribution in [0.25, 0.3) is 0 Å². The van der Waals surface area contributed by atoms with Crippen LogP contribution in [0.1, 0.15) is 40.0 Å². The molecule has 0 aromatic heterocycles. The molecule has 0 aliphatic carbocycles. The van der Waals surface area contributed by atoms with Crippen molar-refractivity contribution >= 4 is 29.4 Å². The Hall–Kier alpha value is -1.17. The van der Waals surface area contributed by atoms with Gasteiger partial charge in [-0.15, -0.1) is 0 Å². The van der Waals surface area contributed by atoms with Crippen molar-refractivity contribution in [2.24, 2.45) is 5.16 Å². The van der Waals surface area contributed by atoms with E-state index in [2.05, 4.69) is 5.16 Å². The van der Waals surface area contributed by atoms with Crippen molar-refractivity contribution in [1.82, 2.24) is 0 Å². The Morgan fingerprint density at radius 2 is 1.71 bits per heavy atom. The lowest BCUT2D eigenvalue weighted by Gasteiger charge is -2.14. The van der Waals surface area contributed by atoms with Crippen LogP contribution in [0, 0.1) is 0 Å². The minimum absolute atomic E-state index is 0.0194. The first-order valence-corrected chi connectivity index (χ1v) is 8.64. The molecule has 0 saturated heterocycles. The van der Waals surface area contributed by atoms with E-state index in [-0.39, 0.29) is 11.4 Å². The lowest BCUT2D eigenvalue weighted by molar-refractivity contribution is 0.000668. The molecule has 0 aliphatic rings. The molecule has 0 aliphatic heterocycles. The third-order valence-corrected chi connectivity index (χ3v) is 3.32. The molecule has 24 heavy (non-hydrogen) atoms. The summed E-state index contributed by atoms with van der Waals surface area (Å²) in [6.45, 7) is 7.40. The van der Waals surface area contributed by atoms with Crippen molar-refractivity contribution in [2.75, 3.05) is 19.8 Å². The molecule has 0 radical (unpaired) electrons. The molecule has 136 valence electrons. The maximum atomic E-state index is 9.35. The summed E-state index contributed by atoms with van der Waals surface area (Å²) in [5.74, 6) is 0.424. The molecule has 0 fully saturated rings. The van der Waals surface area contributed by atoms with Crippen molar-refractivity contribution in [1.29, 1.82) is 0 Å². The fourth-order valence-electron chi connectivity index (χ4n) is 1.70. The van der Waals surface area contributed by atoms with Crippen molar-refractivity contribution in [3.8, 4) is 11.5 Å². The molecule has 0 unspecified atom stereocenters. The van der Waals surface area contributed by atoms with Gasteiger partial charge in [0.05, 0.1) is 29.5 Å². The van der Waals surface area contributed by atoms with Gasteiger partial charge in [0.2, 0.25) is 0 Å². The largest absolute Gasteiger partial charge is 0.508 e. The number of unbranched alkanes of at least 4 members (excludes halogenated alkanes) is 2. The molecule has 1 aromatic rings. The van der Waals surface area contributed by atoms with Crippen LogP contribution >= 0.6 is 23.2 Å². The molecule has 1 N–H and O–H groups in total. The minimum Gasteiger partial charge on any atom is -0.508 e. The van der Waals surface area contributed by atoms with Gasteiger partial charge in [-0.25, -0.2) is 0 Å². The van der Waals surface area contributed by atoms with Gasteiger partial charge >= 0.3 is 0 Å². The van der Waals surface area contributed by atoms with Gasteiger partial charge in [0.25, 0.3) is 0 Å². The van der Waals surface area contributed by atoms with Crippen LogP contribution in [0.2, 0.25) is 10.0 Å². The maximum Gasteiger partial charge on any atom is 0.156 e. The van der Waals surface area contributed by atoms with Gasteiger partial charge in [0, 0.05) is 18.7 Å². The number of oxime groups is 1. The van der Waals surface area contributed by atoms with Crippen LogP contribution in [-0.2, 0) is 9.57 Å². The monoisotopic (exact) mass is 377 g/mol. The summed E-state index contributed by atoms with van der Waals surface area (Å²) < 4.78 is 11.0. The van der Waals surface area contributed by atoms with E-state index >= 15 is 0 Å². The van der Waals surface area contributed by atoms with Crippen LogP contribution in [0.4, 0.5) is 0 Å². The van der Waals surface area contributed by atoms with Gasteiger partial charge in [-0.1, -0.05) is 28.4 Å². The number of benzene rings is 1. The Morgan fingerprint density at radius 1 is 1.08 bits per heavy atom. The third kappa shape index (κ3) is 9.21. The van der Waals surface area contributed by atoms with E-state index in [0.717, 1.165) is 19.3 Å². The Morgan fingerprint density at radius 3 is 2.33 bits per heavy atom. The molecule has 5 nitrogen and oxygen atoms in total. The molecular weight excluding hydrogens is 353 g/mol. The number of halogens is 2. The fourth-order valence-corrected chi connectivity index (χ4v) is 2.29. The van der Waals surface area contributed by atoms with Crippen LogP contribution in [0.5, 0.6) is 11.5 Å². The first-order chi connectivity index (χ1) is 11.3. The standard InChI is InChI=1S/C17H25Cl2NO4/c1-17(2,3)24-20-7-10-22-8-5-4-6-9-23-16-14(18)11-13(21)12-15(16)19/h7,11-12,21H,4-6,8-10H2,1-3H3/b20-7+. The summed E-state index contributed by atoms with van der Waals surface area (Å²) >= 11 is 11.9. The van der Waals surface area contributed by atoms with E-state index in [1.54, 1.807) is 6.21 Å². The zero-order valence-electron chi connectivity index (χ0n) is 14.3. The van der Waals surface area contributed by atoms with Gasteiger partial charge in [0.1, 0.15) is 11.4 Å². The first kappa shape index (κ1) is 20.9. The summed E-state index contributed by atoms with van der Waals surface area (Å²) in [5.41, 5.74) is -0.278. The highest BCUT2D eigenvalue weighted by Gasteiger charge is 2.09. The molecule has 1 aromatic carbocycles. The topological polar surface area (TPSA) is 60.3 Å². The molecule has 0 saturated carbocycles. The van der Waals surface area contributed by atoms with Crippen LogP contribution in [0.3, 0.4) is 0 Å². The Balaban J connectivity index is 2.05. The van der Waals surface area contributed by atoms with Crippen molar-refractivity contribution in [3.05, 3.63) is 22.2 Å². The smallest absolute Gasteiger partial charge is 0.156 e. The number of ether oxygens (including phenoxy) is 2. The number of nitrogens with zero attached hydrogens (tertiary/aromatic N) is 1. The molecule has 0 atom stereocenters. The minimum atomic E-state index is -0.278. The molecular formula is C17H25Cl2NO4. The van der Waals surface area contributed by atoms with Gasteiger partial charge in [0.15, 0.2) is 5.75 Å². The lowest BCUT2D eigenvalue weighted by Crippen LogP contribution is -2.15. The Labute approximate surface area is 153 Å².